The van der Waals surface area contributed by atoms with Crippen LogP contribution in [0.15, 0.2) is 61.4 Å². The maximum absolute atomic E-state index is 11.9. The highest BCUT2D eigenvalue weighted by Crippen LogP contribution is 2.25. The molecule has 0 saturated carbocycles. The van der Waals surface area contributed by atoms with Gasteiger partial charge in [-0.15, -0.1) is 0 Å². The molecule has 15 heteroatoms. The van der Waals surface area contributed by atoms with Crippen LogP contribution >= 0.6 is 0 Å². The highest BCUT2D eigenvalue weighted by Gasteiger charge is 2.28. The third-order valence-corrected chi connectivity index (χ3v) is 8.78. The Morgan fingerprint density at radius 1 is 0.741 bits per heavy atom. The average Bonchev–Trinajstić information content (AvgIpc) is 4.02. The van der Waals surface area contributed by atoms with E-state index in [1.54, 1.807) is 91.5 Å². The van der Waals surface area contributed by atoms with Crippen LogP contribution in [0.1, 0.15) is 68.2 Å². The second-order valence-corrected chi connectivity index (χ2v) is 12.3. The summed E-state index contributed by atoms with van der Waals surface area (Å²) >= 11 is 0. The van der Waals surface area contributed by atoms with Crippen LogP contribution in [0, 0.1) is 23.7 Å². The summed E-state index contributed by atoms with van der Waals surface area (Å²) in [6.07, 6.45) is 6.24. The molecule has 0 bridgehead atoms. The maximum Gasteiger partial charge on any atom is 0.253 e. The van der Waals surface area contributed by atoms with Crippen molar-refractivity contribution in [2.24, 2.45) is 11.5 Å². The number of aromatic nitrogens is 4. The van der Waals surface area contributed by atoms with Gasteiger partial charge in [-0.3, -0.25) is 23.7 Å². The number of rotatable bonds is 9. The lowest BCUT2D eigenvalue weighted by atomic mass is 10.2. The summed E-state index contributed by atoms with van der Waals surface area (Å²) in [5.41, 5.74) is 13.5. The number of hydrogen-bond donors (Lipinski definition) is 3. The van der Waals surface area contributed by atoms with Crippen molar-refractivity contribution in [2.75, 3.05) is 54.6 Å². The monoisotopic (exact) mass is 734 g/mol. The van der Waals surface area contributed by atoms with E-state index in [9.17, 15) is 14.4 Å². The number of nitrogens with zero attached hydrogens (tertiary/aromatic N) is 5. The van der Waals surface area contributed by atoms with Crippen LogP contribution < -0.4 is 35.7 Å². The predicted molar refractivity (Wildman–Crippen MR) is 199 cm³/mol. The molecule has 4 aromatic rings. The lowest BCUT2D eigenvalue weighted by Crippen LogP contribution is -2.27. The molecular weight excluding hydrogens is 692 g/mol. The van der Waals surface area contributed by atoms with Crippen LogP contribution in [0.2, 0.25) is 0 Å². The SMILES string of the molecule is C=CC(=O)N1CC[C@H](n2cc(C(N)=O)c(C#Cc3cc(OC)cc(OC)c3)n2)C1.COc1cc(C#Cc2nn([C@H]3CCNC3)cc2C(N)=O)cc(OC)c1. The molecule has 3 amide bonds. The molecule has 0 aliphatic carbocycles. The second-order valence-electron chi connectivity index (χ2n) is 12.3. The molecule has 15 nitrogen and oxygen atoms in total. The lowest BCUT2D eigenvalue weighted by molar-refractivity contribution is -0.125. The minimum Gasteiger partial charge on any atom is -0.497 e. The van der Waals surface area contributed by atoms with Gasteiger partial charge in [0.05, 0.1) is 51.6 Å². The summed E-state index contributed by atoms with van der Waals surface area (Å²) in [5, 5.41) is 12.2. The van der Waals surface area contributed by atoms with Crippen molar-refractivity contribution in [1.82, 2.24) is 29.8 Å². The van der Waals surface area contributed by atoms with Gasteiger partial charge in [0.1, 0.15) is 34.4 Å². The number of likely N-dealkylation sites (tertiary alicyclic amines) is 1. The van der Waals surface area contributed by atoms with Crippen molar-refractivity contribution in [3.05, 3.63) is 95.1 Å². The Kier molecular flexibility index (Phi) is 12.6. The van der Waals surface area contributed by atoms with E-state index in [0.29, 0.717) is 58.5 Å². The van der Waals surface area contributed by atoms with Crippen LogP contribution in [-0.2, 0) is 4.79 Å². The molecule has 2 aromatic carbocycles. The molecule has 280 valence electrons. The molecule has 2 aliphatic rings. The molecule has 0 spiro atoms. The smallest absolute Gasteiger partial charge is 0.253 e. The van der Waals surface area contributed by atoms with Crippen molar-refractivity contribution < 1.29 is 33.3 Å². The number of nitrogens with one attached hydrogen (secondary N) is 1. The molecule has 0 radical (unpaired) electrons. The zero-order chi connectivity index (χ0) is 38.8. The highest BCUT2D eigenvalue weighted by molar-refractivity contribution is 5.95. The standard InChI is InChI=1S/C21H22N4O4.C18H20N4O3/c1-4-20(26)24-8-7-15(12-24)25-13-18(21(22)27)19(23-25)6-5-14-9-16(28-2)11-17(10-14)29-3;1-24-14-7-12(8-15(9-14)25-2)3-4-17-16(18(19)23)11-22(21-17)13-5-6-20-10-13/h4,9-11,13,15H,1,7-8,12H2,2-3H3,(H2,22,27);7-9,11,13,20H,5-6,10H2,1-2H3,(H2,19,23)/t15-;13-/m00/s1. The Balaban J connectivity index is 0.000000210. The van der Waals surface area contributed by atoms with Gasteiger partial charge in [-0.05, 0) is 61.6 Å². The van der Waals surface area contributed by atoms with E-state index in [1.807, 2.05) is 0 Å². The molecule has 2 aromatic heterocycles. The van der Waals surface area contributed by atoms with Crippen LogP contribution in [-0.4, -0.2) is 96.8 Å². The molecule has 54 heavy (non-hydrogen) atoms. The van der Waals surface area contributed by atoms with Gasteiger partial charge in [0.2, 0.25) is 5.91 Å². The first-order valence-electron chi connectivity index (χ1n) is 17.0. The van der Waals surface area contributed by atoms with Crippen molar-refractivity contribution in [1.29, 1.82) is 0 Å². The van der Waals surface area contributed by atoms with E-state index in [4.69, 9.17) is 30.4 Å². The summed E-state index contributed by atoms with van der Waals surface area (Å²) in [6.45, 7) is 6.36. The summed E-state index contributed by atoms with van der Waals surface area (Å²) < 4.78 is 24.4. The number of ether oxygens (including phenoxy) is 4. The lowest BCUT2D eigenvalue weighted by Gasteiger charge is -2.14. The van der Waals surface area contributed by atoms with E-state index in [2.05, 4.69) is 45.8 Å². The fraction of sp³-hybridized carbons (Fsp3) is 0.308. The maximum atomic E-state index is 11.9. The van der Waals surface area contributed by atoms with E-state index in [-0.39, 0.29) is 29.2 Å². The number of amides is 3. The third-order valence-electron chi connectivity index (χ3n) is 8.78. The van der Waals surface area contributed by atoms with Crippen molar-refractivity contribution >= 4 is 17.7 Å². The van der Waals surface area contributed by atoms with Crippen molar-refractivity contribution in [3.8, 4) is 46.7 Å². The summed E-state index contributed by atoms with van der Waals surface area (Å²) in [6, 6.07) is 10.8. The number of hydrogen-bond acceptors (Lipinski definition) is 10. The second kappa shape index (κ2) is 17.7. The predicted octanol–water partition coefficient (Wildman–Crippen LogP) is 2.29. The van der Waals surface area contributed by atoms with E-state index in [1.165, 1.54) is 6.08 Å². The zero-order valence-corrected chi connectivity index (χ0v) is 30.5. The van der Waals surface area contributed by atoms with E-state index >= 15 is 0 Å². The zero-order valence-electron chi connectivity index (χ0n) is 30.5. The van der Waals surface area contributed by atoms with Gasteiger partial charge in [-0.25, -0.2) is 0 Å². The van der Waals surface area contributed by atoms with Crippen LogP contribution in [0.4, 0.5) is 0 Å². The summed E-state index contributed by atoms with van der Waals surface area (Å²) in [4.78, 5) is 37.1. The molecule has 2 fully saturated rings. The Hall–Kier alpha value is -6.71. The Morgan fingerprint density at radius 3 is 1.59 bits per heavy atom. The van der Waals surface area contributed by atoms with Crippen molar-refractivity contribution in [3.63, 3.8) is 0 Å². The number of methoxy groups -OCH3 is 4. The first-order chi connectivity index (χ1) is 26.0. The first-order valence-corrected chi connectivity index (χ1v) is 17.0. The molecule has 6 rings (SSSR count). The summed E-state index contributed by atoms with van der Waals surface area (Å²) in [7, 11) is 6.27. The molecule has 5 N–H and O–H groups in total. The van der Waals surface area contributed by atoms with Gasteiger partial charge in [0, 0.05) is 55.3 Å². The molecule has 2 atom stereocenters. The highest BCUT2D eigenvalue weighted by atomic mass is 16.5. The van der Waals surface area contributed by atoms with Gasteiger partial charge < -0.3 is 40.6 Å². The minimum absolute atomic E-state index is 0.0514. The number of carbonyl (C=O) groups is 3. The number of primary amides is 2. The Morgan fingerprint density at radius 2 is 1.20 bits per heavy atom. The van der Waals surface area contributed by atoms with Crippen LogP contribution in [0.25, 0.3) is 0 Å². The third kappa shape index (κ3) is 9.39. The van der Waals surface area contributed by atoms with Gasteiger partial charge in [-0.2, -0.15) is 10.2 Å². The Labute approximate surface area is 313 Å². The number of carbonyl (C=O) groups excluding carboxylic acids is 3. The number of benzene rings is 2. The minimum atomic E-state index is -0.610. The van der Waals surface area contributed by atoms with Crippen molar-refractivity contribution in [2.45, 2.75) is 24.9 Å². The normalized spacial score (nSPS) is 15.7. The van der Waals surface area contributed by atoms with E-state index < -0.39 is 11.8 Å². The molecular formula is C39H42N8O7. The van der Waals surface area contributed by atoms with Crippen LogP contribution in [0.5, 0.6) is 23.0 Å². The quantitative estimate of drug-likeness (QED) is 0.170. The van der Waals surface area contributed by atoms with Gasteiger partial charge in [-0.1, -0.05) is 18.4 Å². The topological polar surface area (TPSA) is 191 Å². The number of nitrogens with two attached hydrogens (primary N) is 2. The van der Waals surface area contributed by atoms with Gasteiger partial charge in [0.15, 0.2) is 0 Å². The van der Waals surface area contributed by atoms with E-state index in [0.717, 1.165) is 25.9 Å². The fourth-order valence-corrected chi connectivity index (χ4v) is 5.88. The fourth-order valence-electron chi connectivity index (χ4n) is 5.88. The molecule has 4 heterocycles. The van der Waals surface area contributed by atoms with Gasteiger partial charge >= 0.3 is 0 Å². The van der Waals surface area contributed by atoms with Crippen LogP contribution in [0.3, 0.4) is 0 Å². The summed E-state index contributed by atoms with van der Waals surface area (Å²) in [5.74, 6) is 13.0. The molecule has 2 aliphatic heterocycles. The average molecular weight is 735 g/mol. The largest absolute Gasteiger partial charge is 0.497 e. The molecule has 0 unspecified atom stereocenters. The Bertz CT molecular complexity index is 2120. The molecule has 2 saturated heterocycles. The first kappa shape index (κ1) is 38.5. The van der Waals surface area contributed by atoms with Gasteiger partial charge in [0.25, 0.3) is 11.8 Å².